The van der Waals surface area contributed by atoms with Crippen molar-refractivity contribution in [3.63, 3.8) is 0 Å². The van der Waals surface area contributed by atoms with E-state index in [9.17, 15) is 13.2 Å². The predicted octanol–water partition coefficient (Wildman–Crippen LogP) is 2.59. The third-order valence-corrected chi connectivity index (χ3v) is 4.50. The van der Waals surface area contributed by atoms with Crippen LogP contribution in [0.1, 0.15) is 39.2 Å². The Hall–Kier alpha value is -1.56. The number of carboxylic acid groups (broad SMARTS) is 1. The number of sulfonamides is 1. The Kier molecular flexibility index (Phi) is 5.16. The van der Waals surface area contributed by atoms with Gasteiger partial charge in [0.25, 0.3) is 0 Å². The number of carboxylic acids is 1. The number of rotatable bonds is 7. The Balaban J connectivity index is 2.87. The van der Waals surface area contributed by atoms with Crippen LogP contribution in [0.25, 0.3) is 0 Å². The van der Waals surface area contributed by atoms with Crippen LogP contribution in [0.15, 0.2) is 24.3 Å². The molecule has 1 aromatic carbocycles. The Labute approximate surface area is 120 Å². The summed E-state index contributed by atoms with van der Waals surface area (Å²) in [6, 6.07) is 6.83. The molecule has 0 atom stereocenters. The Morgan fingerprint density at radius 1 is 1.25 bits per heavy atom. The smallest absolute Gasteiger partial charge is 0.304 e. The highest BCUT2D eigenvalue weighted by molar-refractivity contribution is 7.92. The molecule has 0 spiro atoms. The molecule has 0 unspecified atom stereocenters. The maximum absolute atomic E-state index is 11.6. The lowest BCUT2D eigenvalue weighted by molar-refractivity contribution is -0.138. The van der Waals surface area contributed by atoms with Gasteiger partial charge >= 0.3 is 5.97 Å². The SMILES string of the molecule is CCCS(=O)(=O)Nc1ccc(C(C)(C)CC(=O)O)cc1. The van der Waals surface area contributed by atoms with E-state index in [1.165, 1.54) is 0 Å². The summed E-state index contributed by atoms with van der Waals surface area (Å²) in [4.78, 5) is 10.8. The lowest BCUT2D eigenvalue weighted by atomic mass is 9.81. The summed E-state index contributed by atoms with van der Waals surface area (Å²) in [5, 5.41) is 8.89. The molecule has 0 heterocycles. The van der Waals surface area contributed by atoms with Crippen molar-refractivity contribution in [2.24, 2.45) is 0 Å². The van der Waals surface area contributed by atoms with E-state index < -0.39 is 21.4 Å². The van der Waals surface area contributed by atoms with Crippen molar-refractivity contribution < 1.29 is 18.3 Å². The molecule has 2 N–H and O–H groups in total. The molecule has 0 amide bonds. The number of nitrogens with one attached hydrogen (secondary N) is 1. The highest BCUT2D eigenvalue weighted by Gasteiger charge is 2.24. The lowest BCUT2D eigenvalue weighted by Crippen LogP contribution is -2.21. The maximum atomic E-state index is 11.6. The average Bonchev–Trinajstić information content (AvgIpc) is 2.27. The van der Waals surface area contributed by atoms with E-state index >= 15 is 0 Å². The van der Waals surface area contributed by atoms with Gasteiger partial charge in [-0.25, -0.2) is 8.42 Å². The number of anilines is 1. The fourth-order valence-corrected chi connectivity index (χ4v) is 3.10. The van der Waals surface area contributed by atoms with Gasteiger partial charge in [-0.05, 0) is 24.1 Å². The van der Waals surface area contributed by atoms with Gasteiger partial charge in [0.2, 0.25) is 10.0 Å². The maximum Gasteiger partial charge on any atom is 0.304 e. The molecule has 1 rings (SSSR count). The largest absolute Gasteiger partial charge is 0.481 e. The summed E-state index contributed by atoms with van der Waals surface area (Å²) >= 11 is 0. The van der Waals surface area contributed by atoms with Gasteiger partial charge in [-0.2, -0.15) is 0 Å². The van der Waals surface area contributed by atoms with Gasteiger partial charge < -0.3 is 5.11 Å². The molecule has 6 heteroatoms. The van der Waals surface area contributed by atoms with Crippen LogP contribution in [0, 0.1) is 0 Å². The minimum absolute atomic E-state index is 0.0217. The van der Waals surface area contributed by atoms with E-state index in [0.29, 0.717) is 12.1 Å². The van der Waals surface area contributed by atoms with E-state index in [2.05, 4.69) is 4.72 Å². The second-order valence-corrected chi connectivity index (χ2v) is 7.29. The monoisotopic (exact) mass is 299 g/mol. The molecule has 0 radical (unpaired) electrons. The minimum atomic E-state index is -3.30. The first-order valence-electron chi connectivity index (χ1n) is 6.49. The Morgan fingerprint density at radius 2 is 1.80 bits per heavy atom. The summed E-state index contributed by atoms with van der Waals surface area (Å²) in [6.07, 6.45) is 0.576. The summed E-state index contributed by atoms with van der Waals surface area (Å²) in [5.41, 5.74) is 0.860. The fourth-order valence-electron chi connectivity index (χ4n) is 1.97. The van der Waals surface area contributed by atoms with Crippen molar-refractivity contribution in [1.82, 2.24) is 0 Å². The van der Waals surface area contributed by atoms with Crippen molar-refractivity contribution in [1.29, 1.82) is 0 Å². The number of hydrogen-bond acceptors (Lipinski definition) is 3. The molecular formula is C14H21NO4S. The van der Waals surface area contributed by atoms with Crippen LogP contribution >= 0.6 is 0 Å². The Morgan fingerprint density at radius 3 is 2.25 bits per heavy atom. The molecule has 0 bridgehead atoms. The number of benzene rings is 1. The number of carbonyl (C=O) groups is 1. The predicted molar refractivity (Wildman–Crippen MR) is 79.4 cm³/mol. The summed E-state index contributed by atoms with van der Waals surface area (Å²) in [7, 11) is -3.30. The summed E-state index contributed by atoms with van der Waals surface area (Å²) in [5.74, 6) is -0.776. The van der Waals surface area contributed by atoms with Crippen LogP contribution in [-0.4, -0.2) is 25.2 Å². The first-order chi connectivity index (χ1) is 9.16. The van der Waals surface area contributed by atoms with Crippen molar-refractivity contribution in [3.8, 4) is 0 Å². The van der Waals surface area contributed by atoms with E-state index in [0.717, 1.165) is 5.56 Å². The third-order valence-electron chi connectivity index (χ3n) is 3.01. The molecule has 112 valence electrons. The molecule has 0 aliphatic rings. The van der Waals surface area contributed by atoms with Crippen molar-refractivity contribution >= 4 is 21.7 Å². The molecule has 0 aliphatic heterocycles. The van der Waals surface area contributed by atoms with Crippen LogP contribution in [0.5, 0.6) is 0 Å². The zero-order chi connectivity index (χ0) is 15.4. The Bertz CT molecular complexity index is 561. The second kappa shape index (κ2) is 6.26. The number of hydrogen-bond donors (Lipinski definition) is 2. The van der Waals surface area contributed by atoms with Gasteiger partial charge in [0.1, 0.15) is 0 Å². The highest BCUT2D eigenvalue weighted by atomic mass is 32.2. The second-order valence-electron chi connectivity index (χ2n) is 5.45. The highest BCUT2D eigenvalue weighted by Crippen LogP contribution is 2.28. The normalized spacial score (nSPS) is 12.2. The van der Waals surface area contributed by atoms with Crippen LogP contribution < -0.4 is 4.72 Å². The van der Waals surface area contributed by atoms with Gasteiger partial charge in [-0.1, -0.05) is 32.9 Å². The van der Waals surface area contributed by atoms with E-state index in [4.69, 9.17) is 5.11 Å². The molecule has 0 aliphatic carbocycles. The fraction of sp³-hybridized carbons (Fsp3) is 0.500. The van der Waals surface area contributed by atoms with Gasteiger partial charge in [-0.3, -0.25) is 9.52 Å². The first-order valence-corrected chi connectivity index (χ1v) is 8.14. The minimum Gasteiger partial charge on any atom is -0.481 e. The molecule has 5 nitrogen and oxygen atoms in total. The summed E-state index contributed by atoms with van der Waals surface area (Å²) in [6.45, 7) is 5.49. The molecular weight excluding hydrogens is 278 g/mol. The van der Waals surface area contributed by atoms with Crippen LogP contribution in [-0.2, 0) is 20.2 Å². The first kappa shape index (κ1) is 16.5. The van der Waals surface area contributed by atoms with E-state index in [-0.39, 0.29) is 12.2 Å². The molecule has 0 fully saturated rings. The van der Waals surface area contributed by atoms with Crippen molar-refractivity contribution in [3.05, 3.63) is 29.8 Å². The van der Waals surface area contributed by atoms with Crippen LogP contribution in [0.4, 0.5) is 5.69 Å². The standard InChI is InChI=1S/C14H21NO4S/c1-4-9-20(18,19)15-12-7-5-11(6-8-12)14(2,3)10-13(16)17/h5-8,15H,4,9-10H2,1-3H3,(H,16,17). The van der Waals surface area contributed by atoms with Crippen molar-refractivity contribution in [2.45, 2.75) is 39.0 Å². The van der Waals surface area contributed by atoms with Gasteiger partial charge in [-0.15, -0.1) is 0 Å². The molecule has 20 heavy (non-hydrogen) atoms. The molecule has 0 aromatic heterocycles. The van der Waals surface area contributed by atoms with E-state index in [1.807, 2.05) is 13.8 Å². The van der Waals surface area contributed by atoms with Crippen LogP contribution in [0.2, 0.25) is 0 Å². The van der Waals surface area contributed by atoms with E-state index in [1.54, 1.807) is 31.2 Å². The molecule has 0 saturated heterocycles. The number of aliphatic carboxylic acids is 1. The summed E-state index contributed by atoms with van der Waals surface area (Å²) < 4.78 is 25.8. The molecule has 1 aromatic rings. The zero-order valence-corrected chi connectivity index (χ0v) is 12.8. The van der Waals surface area contributed by atoms with Gasteiger partial charge in [0.05, 0.1) is 12.2 Å². The van der Waals surface area contributed by atoms with Gasteiger partial charge in [0.15, 0.2) is 0 Å². The topological polar surface area (TPSA) is 83.5 Å². The van der Waals surface area contributed by atoms with Crippen LogP contribution in [0.3, 0.4) is 0 Å². The van der Waals surface area contributed by atoms with Gasteiger partial charge in [0, 0.05) is 11.1 Å². The zero-order valence-electron chi connectivity index (χ0n) is 12.0. The third kappa shape index (κ3) is 4.85. The lowest BCUT2D eigenvalue weighted by Gasteiger charge is -2.23. The van der Waals surface area contributed by atoms with Crippen molar-refractivity contribution in [2.75, 3.05) is 10.5 Å². The quantitative estimate of drug-likeness (QED) is 0.810. The average molecular weight is 299 g/mol. The molecule has 0 saturated carbocycles.